The lowest BCUT2D eigenvalue weighted by Gasteiger charge is -2.36. The molecule has 4 aromatic rings. The van der Waals surface area contributed by atoms with Gasteiger partial charge in [-0.3, -0.25) is 19.2 Å². The van der Waals surface area contributed by atoms with Gasteiger partial charge in [-0.2, -0.15) is 0 Å². The number of nitrogens with one attached hydrogen (secondary N) is 5. The smallest absolute Gasteiger partial charge is 0.246 e. The number of benzene rings is 2. The topological polar surface area (TPSA) is 156 Å². The predicted molar refractivity (Wildman–Crippen MR) is 228 cm³/mol. The van der Waals surface area contributed by atoms with Crippen LogP contribution in [-0.2, 0) is 32.1 Å². The van der Waals surface area contributed by atoms with Crippen LogP contribution in [0.25, 0.3) is 33.5 Å². The van der Waals surface area contributed by atoms with Gasteiger partial charge in [-0.25, -0.2) is 22.5 Å². The van der Waals surface area contributed by atoms with E-state index in [1.165, 1.54) is 34.1 Å². The van der Waals surface area contributed by atoms with Crippen molar-refractivity contribution in [1.82, 2.24) is 45.6 Å². The van der Waals surface area contributed by atoms with E-state index in [0.29, 0.717) is 39.0 Å². The highest BCUT2D eigenvalue weighted by Gasteiger charge is 2.46. The standard InChI is InChI=1S/C45H59F4N9O4/c1-23(50-6)41(59)54-37(25-8-9-25)43(61)58-22-29(49)17-31(58)20-33-32-12-10-26(46)18-34(32)52-38(33)40-53-35-19-27(47)11-13-36(35)56(40)15-14-30-16-28(48)21-57(30)44(62)39(45(3,4)5)55-42(60)24(2)51-7/h10-13,18-19,23-25,28-31,37,39,50-52H,8-9,14-17,20-22H2,1-7H3,(H,54,59)(H,55,60)/t23-,24-,28-,29-,30+,31-,37-,39+/m0/s1. The van der Waals surface area contributed by atoms with Crippen molar-refractivity contribution >= 4 is 45.6 Å². The first-order valence-corrected chi connectivity index (χ1v) is 21.7. The lowest BCUT2D eigenvalue weighted by molar-refractivity contribution is -0.140. The molecule has 2 aromatic heterocycles. The van der Waals surface area contributed by atoms with E-state index in [9.17, 15) is 28.0 Å². The van der Waals surface area contributed by atoms with Crippen molar-refractivity contribution in [2.24, 2.45) is 11.3 Å². The quantitative estimate of drug-likeness (QED) is 0.106. The van der Waals surface area contributed by atoms with Gasteiger partial charge in [-0.15, -0.1) is 0 Å². The van der Waals surface area contributed by atoms with Crippen LogP contribution in [0.1, 0.15) is 72.3 Å². The first-order valence-electron chi connectivity index (χ1n) is 21.7. The second-order valence-corrected chi connectivity index (χ2v) is 18.5. The Labute approximate surface area is 359 Å². The van der Waals surface area contributed by atoms with Crippen LogP contribution in [0, 0.1) is 23.0 Å². The van der Waals surface area contributed by atoms with Gasteiger partial charge in [0.15, 0.2) is 5.82 Å². The number of carbonyl (C=O) groups is 4. The second-order valence-electron chi connectivity index (χ2n) is 18.5. The van der Waals surface area contributed by atoms with Gasteiger partial charge in [0.25, 0.3) is 0 Å². The van der Waals surface area contributed by atoms with E-state index >= 15 is 8.78 Å². The minimum absolute atomic E-state index is 0.0404. The molecule has 2 aromatic carbocycles. The number of halogens is 4. The van der Waals surface area contributed by atoms with Gasteiger partial charge in [0, 0.05) is 48.4 Å². The number of aromatic amines is 1. The molecule has 62 heavy (non-hydrogen) atoms. The van der Waals surface area contributed by atoms with Gasteiger partial charge in [-0.05, 0) is 101 Å². The van der Waals surface area contributed by atoms with Gasteiger partial charge in [0.05, 0.1) is 41.9 Å². The normalized spacial score (nSPS) is 22.6. The average Bonchev–Trinajstić information content (AvgIpc) is 3.57. The Bertz CT molecular complexity index is 2320. The van der Waals surface area contributed by atoms with Gasteiger partial charge >= 0.3 is 0 Å². The van der Waals surface area contributed by atoms with Crippen LogP contribution in [-0.4, -0.2) is 124 Å². The van der Waals surface area contributed by atoms with E-state index in [1.807, 2.05) is 25.3 Å². The fourth-order valence-electron chi connectivity index (χ4n) is 9.00. The van der Waals surface area contributed by atoms with E-state index in [0.717, 1.165) is 12.8 Å². The van der Waals surface area contributed by atoms with Crippen LogP contribution < -0.4 is 21.3 Å². The number of carbonyl (C=O) groups excluding carboxylic acids is 4. The van der Waals surface area contributed by atoms with Crippen LogP contribution in [0.2, 0.25) is 0 Å². The molecule has 17 heteroatoms. The average molecular weight is 866 g/mol. The second kappa shape index (κ2) is 18.0. The van der Waals surface area contributed by atoms with Gasteiger partial charge in [-0.1, -0.05) is 20.8 Å². The molecule has 1 saturated carbocycles. The Balaban J connectivity index is 1.23. The van der Waals surface area contributed by atoms with Crippen molar-refractivity contribution in [3.8, 4) is 11.5 Å². The zero-order valence-corrected chi connectivity index (χ0v) is 36.5. The Hall–Kier alpha value is -5.03. The molecule has 3 fully saturated rings. The van der Waals surface area contributed by atoms with Crippen molar-refractivity contribution < 1.29 is 36.7 Å². The Morgan fingerprint density at radius 1 is 0.839 bits per heavy atom. The highest BCUT2D eigenvalue weighted by Crippen LogP contribution is 2.39. The molecule has 0 bridgehead atoms. The third kappa shape index (κ3) is 9.33. The number of likely N-dealkylation sites (N-methyl/N-ethyl adjacent to an activating group) is 2. The molecular formula is C45H59F4N9O4. The molecule has 336 valence electrons. The zero-order valence-electron chi connectivity index (χ0n) is 36.5. The summed E-state index contributed by atoms with van der Waals surface area (Å²) in [6.45, 7) is 8.83. The lowest BCUT2D eigenvalue weighted by Crippen LogP contribution is -2.58. The highest BCUT2D eigenvalue weighted by atomic mass is 19.1. The summed E-state index contributed by atoms with van der Waals surface area (Å²) in [6, 6.07) is 4.49. The maximum absolute atomic E-state index is 15.5. The SMILES string of the molecule is CN[C@@H](C)C(=O)N[C@H](C(=O)N1C[C@@H](F)C[C@H]1Cc1c(-c2nc3cc(F)ccc3n2CC[C@@H]2C[C@H](F)CN2C(=O)[C@@H](NC(=O)[C@H](C)NC)C(C)(C)C)[nH]c2cc(F)ccc12)C1CC1. The van der Waals surface area contributed by atoms with Crippen molar-refractivity contribution in [3.05, 3.63) is 53.6 Å². The van der Waals surface area contributed by atoms with E-state index in [2.05, 4.69) is 26.3 Å². The summed E-state index contributed by atoms with van der Waals surface area (Å²) in [4.78, 5) is 65.7. The largest absolute Gasteiger partial charge is 0.352 e. The van der Waals surface area contributed by atoms with Gasteiger partial charge < -0.3 is 40.6 Å². The lowest BCUT2D eigenvalue weighted by atomic mass is 9.85. The van der Waals surface area contributed by atoms with Crippen molar-refractivity contribution in [2.75, 3.05) is 27.2 Å². The van der Waals surface area contributed by atoms with Gasteiger partial charge in [0.2, 0.25) is 23.6 Å². The number of rotatable bonds is 15. The molecule has 13 nitrogen and oxygen atoms in total. The highest BCUT2D eigenvalue weighted by molar-refractivity contribution is 5.93. The number of alkyl halides is 2. The summed E-state index contributed by atoms with van der Waals surface area (Å²) in [5, 5.41) is 12.2. The molecule has 7 rings (SSSR count). The number of amides is 4. The summed E-state index contributed by atoms with van der Waals surface area (Å²) in [5.41, 5.74) is 1.74. The molecule has 3 aliphatic rings. The van der Waals surface area contributed by atoms with Crippen molar-refractivity contribution in [1.29, 1.82) is 0 Å². The van der Waals surface area contributed by atoms with Gasteiger partial charge in [0.1, 0.15) is 36.1 Å². The monoisotopic (exact) mass is 865 g/mol. The number of nitrogens with zero attached hydrogens (tertiary/aromatic N) is 4. The number of aryl methyl sites for hydroxylation is 1. The first kappa shape index (κ1) is 45.0. The number of imidazole rings is 1. The molecule has 0 radical (unpaired) electrons. The molecule has 0 spiro atoms. The third-order valence-corrected chi connectivity index (χ3v) is 12.9. The molecule has 0 unspecified atom stereocenters. The van der Waals surface area contributed by atoms with Crippen LogP contribution in [0.15, 0.2) is 36.4 Å². The Morgan fingerprint density at radius 3 is 2.06 bits per heavy atom. The zero-order chi connectivity index (χ0) is 44.8. The van der Waals surface area contributed by atoms with E-state index in [-0.39, 0.29) is 74.9 Å². The summed E-state index contributed by atoms with van der Waals surface area (Å²) in [7, 11) is 3.30. The fraction of sp³-hybridized carbons (Fsp3) is 0.578. The van der Waals surface area contributed by atoms with E-state index in [4.69, 9.17) is 4.98 Å². The van der Waals surface area contributed by atoms with Crippen molar-refractivity contribution in [2.45, 2.75) is 128 Å². The fourth-order valence-corrected chi connectivity index (χ4v) is 9.00. The summed E-state index contributed by atoms with van der Waals surface area (Å²) < 4.78 is 62.3. The van der Waals surface area contributed by atoms with Crippen molar-refractivity contribution in [3.63, 3.8) is 0 Å². The maximum Gasteiger partial charge on any atom is 0.246 e. The first-order chi connectivity index (χ1) is 29.4. The Morgan fingerprint density at radius 2 is 1.44 bits per heavy atom. The number of aromatic nitrogens is 3. The van der Waals surface area contributed by atoms with Crippen LogP contribution in [0.5, 0.6) is 0 Å². The maximum atomic E-state index is 15.5. The number of H-pyrrole nitrogens is 1. The minimum atomic E-state index is -1.32. The molecule has 4 heterocycles. The molecular weight excluding hydrogens is 807 g/mol. The number of fused-ring (bicyclic) bond motifs is 2. The molecule has 1 aliphatic carbocycles. The minimum Gasteiger partial charge on any atom is -0.352 e. The number of hydrogen-bond acceptors (Lipinski definition) is 7. The van der Waals surface area contributed by atoms with Crippen LogP contribution >= 0.6 is 0 Å². The summed E-state index contributed by atoms with van der Waals surface area (Å²) in [6.07, 6.45) is -0.539. The summed E-state index contributed by atoms with van der Waals surface area (Å²) >= 11 is 0. The molecule has 8 atom stereocenters. The predicted octanol–water partition coefficient (Wildman–Crippen LogP) is 4.91. The summed E-state index contributed by atoms with van der Waals surface area (Å²) in [5.74, 6) is -2.12. The number of hydrogen-bond donors (Lipinski definition) is 5. The molecule has 5 N–H and O–H groups in total. The molecule has 2 saturated heterocycles. The van der Waals surface area contributed by atoms with E-state index < -0.39 is 65.6 Å². The third-order valence-electron chi connectivity index (χ3n) is 12.9. The van der Waals surface area contributed by atoms with Crippen LogP contribution in [0.3, 0.4) is 0 Å². The van der Waals surface area contributed by atoms with E-state index in [1.54, 1.807) is 40.1 Å². The van der Waals surface area contributed by atoms with Crippen LogP contribution in [0.4, 0.5) is 17.6 Å². The molecule has 4 amide bonds. The molecule has 2 aliphatic heterocycles. The Kier molecular flexibility index (Phi) is 13.1. The number of likely N-dealkylation sites (tertiary alicyclic amines) is 2.